The minimum atomic E-state index is -0.274. The molecule has 0 atom stereocenters. The Morgan fingerprint density at radius 1 is 1.19 bits per heavy atom. The molecule has 1 fully saturated rings. The Labute approximate surface area is 127 Å². The number of methoxy groups -OCH3 is 1. The maximum absolute atomic E-state index is 11.7. The molecule has 1 aromatic carbocycles. The fraction of sp³-hybridized carbons (Fsp3) is 0.500. The van der Waals surface area contributed by atoms with E-state index < -0.39 is 0 Å². The highest BCUT2D eigenvalue weighted by Crippen LogP contribution is 2.35. The maximum Gasteiger partial charge on any atom is 0.330 e. The molecule has 1 aliphatic rings. The smallest absolute Gasteiger partial charge is 0.330 e. The van der Waals surface area contributed by atoms with E-state index in [1.807, 2.05) is 31.2 Å². The van der Waals surface area contributed by atoms with Gasteiger partial charge in [-0.3, -0.25) is 0 Å². The molecule has 0 spiro atoms. The zero-order valence-electron chi connectivity index (χ0n) is 12.9. The highest BCUT2D eigenvalue weighted by molar-refractivity contribution is 5.91. The summed E-state index contributed by atoms with van der Waals surface area (Å²) in [5.41, 5.74) is 2.19. The average Bonchev–Trinajstić information content (AvgIpc) is 2.54. The summed E-state index contributed by atoms with van der Waals surface area (Å²) in [5.74, 6) is 1.04. The van der Waals surface area contributed by atoms with Gasteiger partial charge in [-0.25, -0.2) is 4.79 Å². The highest BCUT2D eigenvalue weighted by Gasteiger charge is 2.20. The summed E-state index contributed by atoms with van der Waals surface area (Å²) in [6, 6.07) is 8.00. The van der Waals surface area contributed by atoms with Crippen molar-refractivity contribution in [2.45, 2.75) is 39.0 Å². The van der Waals surface area contributed by atoms with Crippen molar-refractivity contribution in [1.82, 2.24) is 0 Å². The summed E-state index contributed by atoms with van der Waals surface area (Å²) in [7, 11) is 1.43. The Morgan fingerprint density at radius 3 is 2.43 bits per heavy atom. The molecule has 3 nitrogen and oxygen atoms in total. The number of hydrogen-bond acceptors (Lipinski definition) is 3. The van der Waals surface area contributed by atoms with Crippen molar-refractivity contribution in [3.8, 4) is 5.75 Å². The van der Waals surface area contributed by atoms with E-state index in [9.17, 15) is 4.79 Å². The lowest BCUT2D eigenvalue weighted by atomic mass is 9.81. The standard InChI is InChI=1S/C18H24O3/c1-3-21-16-11-9-15(10-12-16)17(13-18(19)20-2)14-7-5-4-6-8-14/h9-14H,3-8H2,1-2H3. The van der Waals surface area contributed by atoms with E-state index in [4.69, 9.17) is 9.47 Å². The lowest BCUT2D eigenvalue weighted by molar-refractivity contribution is -0.134. The zero-order valence-corrected chi connectivity index (χ0v) is 12.9. The SMILES string of the molecule is CCOc1ccc(C(=CC(=O)OC)C2CCCCC2)cc1. The second-order valence-electron chi connectivity index (χ2n) is 5.42. The van der Waals surface area contributed by atoms with Crippen LogP contribution < -0.4 is 4.74 Å². The Hall–Kier alpha value is -1.77. The van der Waals surface area contributed by atoms with Crippen molar-refractivity contribution in [1.29, 1.82) is 0 Å². The molecule has 21 heavy (non-hydrogen) atoms. The topological polar surface area (TPSA) is 35.5 Å². The second kappa shape index (κ2) is 7.87. The first-order valence-corrected chi connectivity index (χ1v) is 7.77. The van der Waals surface area contributed by atoms with Crippen molar-refractivity contribution in [3.05, 3.63) is 35.9 Å². The van der Waals surface area contributed by atoms with Crippen molar-refractivity contribution in [3.63, 3.8) is 0 Å². The number of carbonyl (C=O) groups excluding carboxylic acids is 1. The van der Waals surface area contributed by atoms with Gasteiger partial charge in [0.15, 0.2) is 0 Å². The van der Waals surface area contributed by atoms with Gasteiger partial charge in [0.25, 0.3) is 0 Å². The molecule has 0 aliphatic heterocycles. The van der Waals surface area contributed by atoms with Crippen LogP contribution in [0.5, 0.6) is 5.75 Å². The van der Waals surface area contributed by atoms with Crippen LogP contribution in [0.3, 0.4) is 0 Å². The fourth-order valence-electron chi connectivity index (χ4n) is 2.95. The summed E-state index contributed by atoms with van der Waals surface area (Å²) in [6.07, 6.45) is 7.73. The van der Waals surface area contributed by atoms with Crippen molar-refractivity contribution < 1.29 is 14.3 Å². The first-order valence-electron chi connectivity index (χ1n) is 7.77. The summed E-state index contributed by atoms with van der Waals surface area (Å²) >= 11 is 0. The molecule has 0 unspecified atom stereocenters. The van der Waals surface area contributed by atoms with Crippen LogP contribution in [0.1, 0.15) is 44.6 Å². The number of hydrogen-bond donors (Lipinski definition) is 0. The molecule has 0 amide bonds. The number of carbonyl (C=O) groups is 1. The number of allylic oxidation sites excluding steroid dienone is 1. The molecule has 0 heterocycles. The van der Waals surface area contributed by atoms with Crippen LogP contribution in [0.4, 0.5) is 0 Å². The van der Waals surface area contributed by atoms with Crippen LogP contribution in [-0.4, -0.2) is 19.7 Å². The van der Waals surface area contributed by atoms with Gasteiger partial charge in [0, 0.05) is 6.08 Å². The molecule has 0 aromatic heterocycles. The van der Waals surface area contributed by atoms with E-state index in [1.165, 1.54) is 26.4 Å². The van der Waals surface area contributed by atoms with E-state index >= 15 is 0 Å². The van der Waals surface area contributed by atoms with Gasteiger partial charge >= 0.3 is 5.97 Å². The largest absolute Gasteiger partial charge is 0.494 e. The van der Waals surface area contributed by atoms with Crippen LogP contribution >= 0.6 is 0 Å². The normalized spacial score (nSPS) is 16.6. The molecule has 114 valence electrons. The first kappa shape index (κ1) is 15.6. The maximum atomic E-state index is 11.7. The molecule has 0 saturated heterocycles. The van der Waals surface area contributed by atoms with Crippen molar-refractivity contribution >= 4 is 11.5 Å². The van der Waals surface area contributed by atoms with Crippen LogP contribution in [0, 0.1) is 5.92 Å². The molecule has 0 bridgehead atoms. The Balaban J connectivity index is 2.25. The van der Waals surface area contributed by atoms with Crippen LogP contribution in [-0.2, 0) is 9.53 Å². The second-order valence-corrected chi connectivity index (χ2v) is 5.42. The number of ether oxygens (including phenoxy) is 2. The number of esters is 1. The summed E-state index contributed by atoms with van der Waals surface area (Å²) < 4.78 is 10.3. The van der Waals surface area contributed by atoms with Crippen molar-refractivity contribution in [2.75, 3.05) is 13.7 Å². The van der Waals surface area contributed by atoms with E-state index in [0.29, 0.717) is 12.5 Å². The van der Waals surface area contributed by atoms with Gasteiger partial charge in [0.2, 0.25) is 0 Å². The Morgan fingerprint density at radius 2 is 1.86 bits per heavy atom. The minimum absolute atomic E-state index is 0.274. The zero-order chi connectivity index (χ0) is 15.1. The molecule has 0 radical (unpaired) electrons. The summed E-state index contributed by atoms with van der Waals surface area (Å²) in [4.78, 5) is 11.7. The van der Waals surface area contributed by atoms with Gasteiger partial charge in [-0.15, -0.1) is 0 Å². The van der Waals surface area contributed by atoms with Crippen LogP contribution in [0.25, 0.3) is 5.57 Å². The van der Waals surface area contributed by atoms with E-state index in [-0.39, 0.29) is 5.97 Å². The summed E-state index contributed by atoms with van der Waals surface area (Å²) in [5, 5.41) is 0. The molecular weight excluding hydrogens is 264 g/mol. The van der Waals surface area contributed by atoms with Crippen LogP contribution in [0.2, 0.25) is 0 Å². The van der Waals surface area contributed by atoms with Gasteiger partial charge < -0.3 is 9.47 Å². The Kier molecular flexibility index (Phi) is 5.85. The lowest BCUT2D eigenvalue weighted by Gasteiger charge is -2.24. The average molecular weight is 288 g/mol. The summed E-state index contributed by atoms with van der Waals surface area (Å²) in [6.45, 7) is 2.63. The highest BCUT2D eigenvalue weighted by atomic mass is 16.5. The monoisotopic (exact) mass is 288 g/mol. The molecule has 1 saturated carbocycles. The van der Waals surface area contributed by atoms with E-state index in [0.717, 1.165) is 29.7 Å². The number of benzene rings is 1. The van der Waals surface area contributed by atoms with Gasteiger partial charge in [0.05, 0.1) is 13.7 Å². The predicted molar refractivity (Wildman–Crippen MR) is 84.2 cm³/mol. The van der Waals surface area contributed by atoms with Gasteiger partial charge in [-0.2, -0.15) is 0 Å². The third-order valence-electron chi connectivity index (χ3n) is 4.02. The third kappa shape index (κ3) is 4.35. The van der Waals surface area contributed by atoms with Gasteiger partial charge in [0.1, 0.15) is 5.75 Å². The third-order valence-corrected chi connectivity index (χ3v) is 4.02. The molecule has 2 rings (SSSR count). The lowest BCUT2D eigenvalue weighted by Crippen LogP contribution is -2.10. The Bertz CT molecular complexity index is 482. The molecule has 1 aromatic rings. The molecule has 1 aliphatic carbocycles. The quantitative estimate of drug-likeness (QED) is 0.601. The van der Waals surface area contributed by atoms with E-state index in [2.05, 4.69) is 0 Å². The van der Waals surface area contributed by atoms with Gasteiger partial charge in [-0.1, -0.05) is 31.4 Å². The number of rotatable bonds is 5. The fourth-order valence-corrected chi connectivity index (χ4v) is 2.95. The molecule has 0 N–H and O–H groups in total. The van der Waals surface area contributed by atoms with Gasteiger partial charge in [-0.05, 0) is 49.0 Å². The molecular formula is C18H24O3. The van der Waals surface area contributed by atoms with Crippen LogP contribution in [0.15, 0.2) is 30.3 Å². The van der Waals surface area contributed by atoms with E-state index in [1.54, 1.807) is 6.08 Å². The minimum Gasteiger partial charge on any atom is -0.494 e. The molecule has 3 heteroatoms. The first-order chi connectivity index (χ1) is 10.2. The van der Waals surface area contributed by atoms with Crippen molar-refractivity contribution in [2.24, 2.45) is 5.92 Å². The predicted octanol–water partition coefficient (Wildman–Crippen LogP) is 4.22.